The molecule has 3 heteroatoms. The van der Waals surface area contributed by atoms with Crippen LogP contribution in [0, 0.1) is 0 Å². The van der Waals surface area contributed by atoms with Gasteiger partial charge < -0.3 is 10.1 Å². The molecule has 1 aromatic carbocycles. The van der Waals surface area contributed by atoms with Crippen LogP contribution in [0.5, 0.6) is 0 Å². The van der Waals surface area contributed by atoms with Gasteiger partial charge in [-0.1, -0.05) is 0 Å². The zero-order valence-electron chi connectivity index (χ0n) is 8.88. The molecule has 1 heterocycles. The van der Waals surface area contributed by atoms with Crippen molar-refractivity contribution < 1.29 is 9.53 Å². The summed E-state index contributed by atoms with van der Waals surface area (Å²) in [6.45, 7) is 1.19. The molecule has 0 radical (unpaired) electrons. The van der Waals surface area contributed by atoms with Crippen LogP contribution in [0.15, 0.2) is 18.2 Å². The molecule has 0 fully saturated rings. The number of rotatable bonds is 3. The van der Waals surface area contributed by atoms with Crippen molar-refractivity contribution in [2.24, 2.45) is 0 Å². The van der Waals surface area contributed by atoms with E-state index in [9.17, 15) is 4.79 Å². The van der Waals surface area contributed by atoms with Gasteiger partial charge in [-0.15, -0.1) is 0 Å². The Morgan fingerprint density at radius 1 is 1.53 bits per heavy atom. The molecule has 1 aliphatic rings. The average molecular weight is 205 g/mol. The molecule has 0 unspecified atom stereocenters. The molecule has 0 aromatic heterocycles. The number of fused-ring (bicyclic) bond motifs is 1. The maximum atomic E-state index is 11.6. The van der Waals surface area contributed by atoms with Gasteiger partial charge in [-0.25, -0.2) is 0 Å². The second-order valence-electron chi connectivity index (χ2n) is 3.76. The van der Waals surface area contributed by atoms with Crippen molar-refractivity contribution in [2.75, 3.05) is 25.6 Å². The molecule has 2 rings (SSSR count). The molecule has 0 atom stereocenters. The predicted octanol–water partition coefficient (Wildman–Crippen LogP) is 1.87. The maximum Gasteiger partial charge on any atom is 0.188 e. The van der Waals surface area contributed by atoms with E-state index in [1.165, 1.54) is 12.7 Å². The first kappa shape index (κ1) is 10.2. The Bertz CT molecular complexity index is 374. The third-order valence-electron chi connectivity index (χ3n) is 2.64. The molecule has 0 bridgehead atoms. The highest BCUT2D eigenvalue weighted by molar-refractivity contribution is 5.97. The molecular formula is C12H15NO2. The Morgan fingerprint density at radius 3 is 3.20 bits per heavy atom. The van der Waals surface area contributed by atoms with E-state index in [0.717, 1.165) is 30.6 Å². The number of carbonyl (C=O) groups excluding carboxylic acids is 1. The molecule has 0 aliphatic carbocycles. The van der Waals surface area contributed by atoms with Crippen molar-refractivity contribution in [2.45, 2.75) is 12.8 Å². The first-order chi connectivity index (χ1) is 7.31. The van der Waals surface area contributed by atoms with E-state index in [-0.39, 0.29) is 12.4 Å². The van der Waals surface area contributed by atoms with Crippen LogP contribution in [0.2, 0.25) is 0 Å². The summed E-state index contributed by atoms with van der Waals surface area (Å²) < 4.78 is 4.84. The zero-order chi connectivity index (χ0) is 10.7. The van der Waals surface area contributed by atoms with Crippen LogP contribution >= 0.6 is 0 Å². The van der Waals surface area contributed by atoms with Crippen molar-refractivity contribution in [1.82, 2.24) is 0 Å². The third kappa shape index (κ3) is 2.18. The molecule has 0 saturated heterocycles. The molecule has 1 N–H and O–H groups in total. The van der Waals surface area contributed by atoms with Crippen LogP contribution in [-0.2, 0) is 11.2 Å². The van der Waals surface area contributed by atoms with Crippen molar-refractivity contribution in [3.63, 3.8) is 0 Å². The van der Waals surface area contributed by atoms with E-state index in [1.54, 1.807) is 0 Å². The van der Waals surface area contributed by atoms with E-state index < -0.39 is 0 Å². The van der Waals surface area contributed by atoms with E-state index in [0.29, 0.717) is 0 Å². The number of benzene rings is 1. The minimum absolute atomic E-state index is 0.0471. The standard InChI is InChI=1S/C12H15NO2/c1-15-8-12(14)10-4-5-11-9(7-10)3-2-6-13-11/h4-5,7,13H,2-3,6,8H2,1H3. The van der Waals surface area contributed by atoms with E-state index in [1.807, 2.05) is 18.2 Å². The van der Waals surface area contributed by atoms with Gasteiger partial charge in [0, 0.05) is 24.9 Å². The second-order valence-corrected chi connectivity index (χ2v) is 3.76. The largest absolute Gasteiger partial charge is 0.385 e. The maximum absolute atomic E-state index is 11.6. The summed E-state index contributed by atoms with van der Waals surface area (Å²) in [5.41, 5.74) is 3.15. The van der Waals surface area contributed by atoms with Gasteiger partial charge >= 0.3 is 0 Å². The fourth-order valence-electron chi connectivity index (χ4n) is 1.86. The van der Waals surface area contributed by atoms with Crippen LogP contribution in [0.4, 0.5) is 5.69 Å². The van der Waals surface area contributed by atoms with E-state index in [4.69, 9.17) is 4.74 Å². The number of nitrogens with one attached hydrogen (secondary N) is 1. The fraction of sp³-hybridized carbons (Fsp3) is 0.417. The van der Waals surface area contributed by atoms with Crippen molar-refractivity contribution in [1.29, 1.82) is 0 Å². The molecule has 1 aliphatic heterocycles. The smallest absolute Gasteiger partial charge is 0.188 e. The van der Waals surface area contributed by atoms with Gasteiger partial charge in [0.15, 0.2) is 5.78 Å². The third-order valence-corrected chi connectivity index (χ3v) is 2.64. The lowest BCUT2D eigenvalue weighted by atomic mass is 9.99. The highest BCUT2D eigenvalue weighted by Gasteiger charge is 2.11. The fourth-order valence-corrected chi connectivity index (χ4v) is 1.86. The Morgan fingerprint density at radius 2 is 2.40 bits per heavy atom. The van der Waals surface area contributed by atoms with Crippen LogP contribution in [-0.4, -0.2) is 26.0 Å². The average Bonchev–Trinajstić information content (AvgIpc) is 2.29. The highest BCUT2D eigenvalue weighted by atomic mass is 16.5. The molecule has 0 amide bonds. The van der Waals surface area contributed by atoms with Crippen molar-refractivity contribution >= 4 is 11.5 Å². The Kier molecular flexibility index (Phi) is 3.02. The second kappa shape index (κ2) is 4.45. The summed E-state index contributed by atoms with van der Waals surface area (Å²) in [4.78, 5) is 11.6. The summed E-state index contributed by atoms with van der Waals surface area (Å²) in [6.07, 6.45) is 2.19. The molecule has 0 spiro atoms. The lowest BCUT2D eigenvalue weighted by Gasteiger charge is -2.18. The summed E-state index contributed by atoms with van der Waals surface area (Å²) in [7, 11) is 1.54. The van der Waals surface area contributed by atoms with Gasteiger partial charge in [-0.3, -0.25) is 4.79 Å². The Balaban J connectivity index is 2.24. The van der Waals surface area contributed by atoms with Gasteiger partial charge in [0.05, 0.1) is 0 Å². The molecule has 3 nitrogen and oxygen atoms in total. The summed E-state index contributed by atoms with van der Waals surface area (Å²) in [6, 6.07) is 5.82. The highest BCUT2D eigenvalue weighted by Crippen LogP contribution is 2.22. The van der Waals surface area contributed by atoms with Crippen LogP contribution < -0.4 is 5.32 Å². The van der Waals surface area contributed by atoms with Crippen LogP contribution in [0.1, 0.15) is 22.3 Å². The number of hydrogen-bond donors (Lipinski definition) is 1. The molecule has 15 heavy (non-hydrogen) atoms. The first-order valence-corrected chi connectivity index (χ1v) is 5.20. The van der Waals surface area contributed by atoms with Gasteiger partial charge in [0.25, 0.3) is 0 Å². The molecule has 0 saturated carbocycles. The van der Waals surface area contributed by atoms with Crippen LogP contribution in [0.3, 0.4) is 0 Å². The lowest BCUT2D eigenvalue weighted by molar-refractivity contribution is 0.0848. The number of hydrogen-bond acceptors (Lipinski definition) is 3. The van der Waals surface area contributed by atoms with Crippen molar-refractivity contribution in [3.8, 4) is 0 Å². The number of methoxy groups -OCH3 is 1. The molecule has 1 aromatic rings. The molecule has 80 valence electrons. The normalized spacial score (nSPS) is 14.2. The van der Waals surface area contributed by atoms with Crippen LogP contribution in [0.25, 0.3) is 0 Å². The quantitative estimate of drug-likeness (QED) is 0.766. The zero-order valence-corrected chi connectivity index (χ0v) is 8.88. The summed E-state index contributed by atoms with van der Waals surface area (Å²) >= 11 is 0. The summed E-state index contributed by atoms with van der Waals surface area (Å²) in [5, 5.41) is 3.32. The Hall–Kier alpha value is -1.35. The summed E-state index contributed by atoms with van der Waals surface area (Å²) in [5.74, 6) is 0.0471. The van der Waals surface area contributed by atoms with E-state index in [2.05, 4.69) is 5.32 Å². The van der Waals surface area contributed by atoms with Gasteiger partial charge in [0.2, 0.25) is 0 Å². The topological polar surface area (TPSA) is 38.3 Å². The van der Waals surface area contributed by atoms with Crippen molar-refractivity contribution in [3.05, 3.63) is 29.3 Å². The first-order valence-electron chi connectivity index (χ1n) is 5.20. The Labute approximate surface area is 89.4 Å². The number of ketones is 1. The molecular weight excluding hydrogens is 190 g/mol. The number of carbonyl (C=O) groups is 1. The van der Waals surface area contributed by atoms with Gasteiger partial charge in [-0.2, -0.15) is 0 Å². The number of ether oxygens (including phenoxy) is 1. The number of anilines is 1. The number of Topliss-reactive ketones (excluding diaryl/α,β-unsaturated/α-hetero) is 1. The minimum Gasteiger partial charge on any atom is -0.385 e. The number of aryl methyl sites for hydroxylation is 1. The van der Waals surface area contributed by atoms with Gasteiger partial charge in [0.1, 0.15) is 6.61 Å². The van der Waals surface area contributed by atoms with Gasteiger partial charge in [-0.05, 0) is 36.6 Å². The predicted molar refractivity (Wildman–Crippen MR) is 59.5 cm³/mol. The van der Waals surface area contributed by atoms with E-state index >= 15 is 0 Å². The SMILES string of the molecule is COCC(=O)c1ccc2c(c1)CCCN2. The minimum atomic E-state index is 0.0471. The monoisotopic (exact) mass is 205 g/mol. The lowest BCUT2D eigenvalue weighted by Crippen LogP contribution is -2.13.